The van der Waals surface area contributed by atoms with Gasteiger partial charge in [-0.05, 0) is 35.7 Å². The van der Waals surface area contributed by atoms with Crippen molar-refractivity contribution in [2.24, 2.45) is 0 Å². The van der Waals surface area contributed by atoms with Crippen LogP contribution in [0.1, 0.15) is 25.8 Å². The third-order valence-corrected chi connectivity index (χ3v) is 3.76. The summed E-state index contributed by atoms with van der Waals surface area (Å²) < 4.78 is 3.20. The molecule has 0 saturated heterocycles. The molecule has 1 fully saturated rings. The van der Waals surface area contributed by atoms with Crippen LogP contribution in [0.15, 0.2) is 17.0 Å². The fourth-order valence-corrected chi connectivity index (χ4v) is 2.64. The van der Waals surface area contributed by atoms with Crippen molar-refractivity contribution in [2.45, 2.75) is 31.8 Å². The van der Waals surface area contributed by atoms with Gasteiger partial charge in [-0.15, -0.1) is 0 Å². The molecule has 0 radical (unpaired) electrons. The van der Waals surface area contributed by atoms with Crippen LogP contribution in [0.4, 0.5) is 5.82 Å². The Morgan fingerprint density at radius 2 is 2.33 bits per heavy atom. The van der Waals surface area contributed by atoms with Gasteiger partial charge in [-0.2, -0.15) is 0 Å². The number of hydrogen-bond donors (Lipinski definition) is 2. The maximum Gasteiger partial charge on any atom is 0.146 e. The molecule has 2 aromatic rings. The number of aliphatic hydroxyl groups is 1. The Kier molecular flexibility index (Phi) is 2.99. The van der Waals surface area contributed by atoms with E-state index in [0.717, 1.165) is 21.3 Å². The van der Waals surface area contributed by atoms with E-state index >= 15 is 0 Å². The van der Waals surface area contributed by atoms with Crippen molar-refractivity contribution in [1.29, 1.82) is 0 Å². The number of rotatable bonds is 4. The summed E-state index contributed by atoms with van der Waals surface area (Å²) in [7, 11) is 0. The van der Waals surface area contributed by atoms with Crippen LogP contribution in [-0.4, -0.2) is 32.3 Å². The number of nitrogens with zero attached hydrogens (tertiary/aromatic N) is 3. The molecule has 2 N–H and O–H groups in total. The van der Waals surface area contributed by atoms with Crippen LogP contribution in [-0.2, 0) is 0 Å². The van der Waals surface area contributed by atoms with E-state index in [1.54, 1.807) is 6.33 Å². The number of aliphatic hydroxyl groups excluding tert-OH is 1. The first-order valence-electron chi connectivity index (χ1n) is 6.09. The summed E-state index contributed by atoms with van der Waals surface area (Å²) in [5, 5.41) is 13.3. The molecule has 2 aromatic heterocycles. The fourth-order valence-electron chi connectivity index (χ4n) is 2.06. The minimum absolute atomic E-state index is 0.0284. The summed E-state index contributed by atoms with van der Waals surface area (Å²) in [5.74, 6) is 0.771. The van der Waals surface area contributed by atoms with Crippen molar-refractivity contribution in [2.75, 3.05) is 11.9 Å². The maximum absolute atomic E-state index is 9.12. The van der Waals surface area contributed by atoms with Gasteiger partial charge < -0.3 is 15.0 Å². The van der Waals surface area contributed by atoms with Gasteiger partial charge in [-0.1, -0.05) is 0 Å². The van der Waals surface area contributed by atoms with Gasteiger partial charge in [-0.25, -0.2) is 9.97 Å². The largest absolute Gasteiger partial charge is 0.394 e. The normalized spacial score (nSPS) is 17.1. The summed E-state index contributed by atoms with van der Waals surface area (Å²) in [6.07, 6.45) is 6.08. The lowest BCUT2D eigenvalue weighted by Crippen LogP contribution is -2.20. The van der Waals surface area contributed by atoms with E-state index in [4.69, 9.17) is 5.11 Å². The molecular formula is C12H15BrN4O. The zero-order valence-electron chi connectivity index (χ0n) is 10.1. The molecule has 0 aliphatic heterocycles. The summed E-state index contributed by atoms with van der Waals surface area (Å²) in [4.78, 5) is 8.65. The average molecular weight is 311 g/mol. The molecule has 0 bridgehead atoms. The molecule has 1 saturated carbocycles. The highest BCUT2D eigenvalue weighted by Crippen LogP contribution is 2.40. The summed E-state index contributed by atoms with van der Waals surface area (Å²) in [5.41, 5.74) is 0.951. The molecule has 0 spiro atoms. The number of fused-ring (bicyclic) bond motifs is 1. The zero-order valence-corrected chi connectivity index (χ0v) is 11.7. The monoisotopic (exact) mass is 310 g/mol. The number of halogens is 1. The van der Waals surface area contributed by atoms with Gasteiger partial charge in [0.05, 0.1) is 12.0 Å². The van der Waals surface area contributed by atoms with Crippen LogP contribution in [0, 0.1) is 0 Å². The van der Waals surface area contributed by atoms with Gasteiger partial charge in [0.25, 0.3) is 0 Å². The highest BCUT2D eigenvalue weighted by molar-refractivity contribution is 9.10. The van der Waals surface area contributed by atoms with Gasteiger partial charge in [0.2, 0.25) is 0 Å². The Hall–Kier alpha value is -1.14. The second kappa shape index (κ2) is 4.51. The first-order chi connectivity index (χ1) is 8.70. The average Bonchev–Trinajstić information content (AvgIpc) is 3.15. The Morgan fingerprint density at radius 3 is 3.00 bits per heavy atom. The van der Waals surface area contributed by atoms with Gasteiger partial charge in [0.15, 0.2) is 0 Å². The van der Waals surface area contributed by atoms with Crippen molar-refractivity contribution in [1.82, 2.24) is 14.5 Å². The maximum atomic E-state index is 9.12. The molecule has 6 heteroatoms. The number of aromatic nitrogens is 3. The van der Waals surface area contributed by atoms with Crippen LogP contribution < -0.4 is 5.32 Å². The van der Waals surface area contributed by atoms with E-state index in [9.17, 15) is 0 Å². The first kappa shape index (κ1) is 11.9. The smallest absolute Gasteiger partial charge is 0.146 e. The van der Waals surface area contributed by atoms with E-state index in [1.165, 1.54) is 12.8 Å². The Morgan fingerprint density at radius 1 is 1.56 bits per heavy atom. The lowest BCUT2D eigenvalue weighted by atomic mass is 10.3. The van der Waals surface area contributed by atoms with Crippen molar-refractivity contribution < 1.29 is 5.11 Å². The quantitative estimate of drug-likeness (QED) is 0.909. The molecule has 18 heavy (non-hydrogen) atoms. The zero-order chi connectivity index (χ0) is 12.7. The Balaban J connectivity index is 2.09. The fraction of sp³-hybridized carbons (Fsp3) is 0.500. The third-order valence-electron chi connectivity index (χ3n) is 3.16. The second-order valence-electron chi connectivity index (χ2n) is 4.76. The molecule has 0 aromatic carbocycles. The van der Waals surface area contributed by atoms with E-state index in [0.29, 0.717) is 6.04 Å². The molecule has 2 heterocycles. The van der Waals surface area contributed by atoms with Crippen LogP contribution in [0.2, 0.25) is 0 Å². The van der Waals surface area contributed by atoms with Crippen LogP contribution >= 0.6 is 15.9 Å². The van der Waals surface area contributed by atoms with E-state index in [-0.39, 0.29) is 12.6 Å². The lowest BCUT2D eigenvalue weighted by Gasteiger charge is -2.12. The molecule has 1 aliphatic rings. The predicted octanol–water partition coefficient (Wildman–Crippen LogP) is 2.32. The molecule has 5 nitrogen and oxygen atoms in total. The van der Waals surface area contributed by atoms with Crippen molar-refractivity contribution in [3.63, 3.8) is 0 Å². The molecule has 3 rings (SSSR count). The van der Waals surface area contributed by atoms with Crippen molar-refractivity contribution in [3.05, 3.63) is 17.0 Å². The van der Waals surface area contributed by atoms with Gasteiger partial charge >= 0.3 is 0 Å². The van der Waals surface area contributed by atoms with Gasteiger partial charge in [-0.3, -0.25) is 0 Å². The molecule has 96 valence electrons. The third kappa shape index (κ3) is 1.99. The summed E-state index contributed by atoms with van der Waals surface area (Å²) in [6, 6.07) is 0.552. The number of hydrogen-bond acceptors (Lipinski definition) is 4. The lowest BCUT2D eigenvalue weighted by molar-refractivity contribution is 0.281. The molecule has 1 aliphatic carbocycles. The topological polar surface area (TPSA) is 63.0 Å². The minimum Gasteiger partial charge on any atom is -0.394 e. The molecule has 0 amide bonds. The first-order valence-corrected chi connectivity index (χ1v) is 6.88. The SMILES string of the molecule is CC(CO)Nc1ncnc2c1c(Br)cn2C1CC1. The van der Waals surface area contributed by atoms with Gasteiger partial charge in [0, 0.05) is 22.8 Å². The van der Waals surface area contributed by atoms with Crippen molar-refractivity contribution >= 4 is 32.8 Å². The van der Waals surface area contributed by atoms with E-state index in [2.05, 4.69) is 42.0 Å². The second-order valence-corrected chi connectivity index (χ2v) is 5.62. The predicted molar refractivity (Wildman–Crippen MR) is 73.7 cm³/mol. The minimum atomic E-state index is -0.0284. The Labute approximate surface area is 113 Å². The Bertz CT molecular complexity index is 579. The standard InChI is InChI=1S/C12H15BrN4O/c1-7(5-18)16-11-10-9(13)4-17(8-2-3-8)12(10)15-6-14-11/h4,6-8,18H,2-3,5H2,1H3,(H,14,15,16). The van der Waals surface area contributed by atoms with Crippen LogP contribution in [0.25, 0.3) is 11.0 Å². The molecule has 1 unspecified atom stereocenters. The number of nitrogens with one attached hydrogen (secondary N) is 1. The molecule has 1 atom stereocenters. The summed E-state index contributed by atoms with van der Waals surface area (Å²) >= 11 is 3.57. The van der Waals surface area contributed by atoms with Crippen molar-refractivity contribution in [3.8, 4) is 0 Å². The number of anilines is 1. The highest BCUT2D eigenvalue weighted by Gasteiger charge is 2.27. The molecular weight excluding hydrogens is 296 g/mol. The summed E-state index contributed by atoms with van der Waals surface area (Å²) in [6.45, 7) is 1.99. The highest BCUT2D eigenvalue weighted by atomic mass is 79.9. The van der Waals surface area contributed by atoms with Crippen LogP contribution in [0.3, 0.4) is 0 Å². The van der Waals surface area contributed by atoms with Crippen LogP contribution in [0.5, 0.6) is 0 Å². The van der Waals surface area contributed by atoms with E-state index < -0.39 is 0 Å². The van der Waals surface area contributed by atoms with E-state index in [1.807, 2.05) is 6.92 Å². The van der Waals surface area contributed by atoms with Gasteiger partial charge in [0.1, 0.15) is 17.8 Å².